The van der Waals surface area contributed by atoms with E-state index in [1.165, 1.54) is 10.8 Å². The van der Waals surface area contributed by atoms with E-state index in [0.29, 0.717) is 4.86 Å². The van der Waals surface area contributed by atoms with Crippen molar-refractivity contribution in [2.45, 2.75) is 0 Å². The molecule has 21 heavy (non-hydrogen) atoms. The lowest BCUT2D eigenvalue weighted by Gasteiger charge is -2.12. The quantitative estimate of drug-likeness (QED) is 0.425. The number of rotatable bonds is 5. The van der Waals surface area contributed by atoms with Crippen molar-refractivity contribution in [3.63, 3.8) is 0 Å². The van der Waals surface area contributed by atoms with Crippen LogP contribution in [-0.4, -0.2) is 23.9 Å². The molecule has 0 saturated carbocycles. The van der Waals surface area contributed by atoms with Crippen LogP contribution in [0.15, 0.2) is 48.7 Å². The van der Waals surface area contributed by atoms with E-state index in [-0.39, 0.29) is 0 Å². The Morgan fingerprint density at radius 3 is 2.43 bits per heavy atom. The van der Waals surface area contributed by atoms with E-state index in [9.17, 15) is 14.0 Å². The van der Waals surface area contributed by atoms with Crippen molar-refractivity contribution in [1.82, 2.24) is 4.90 Å². The first kappa shape index (κ1) is 16.6. The molecule has 1 aromatic carbocycles. The van der Waals surface area contributed by atoms with Gasteiger partial charge in [-0.15, -0.1) is 0 Å². The van der Waals surface area contributed by atoms with Crippen LogP contribution in [0.5, 0.6) is 0 Å². The van der Waals surface area contributed by atoms with Gasteiger partial charge in [0.25, 0.3) is 0 Å². The second kappa shape index (κ2) is 6.97. The van der Waals surface area contributed by atoms with Crippen molar-refractivity contribution >= 4 is 30.4 Å². The first-order valence-electron chi connectivity index (χ1n) is 5.87. The summed E-state index contributed by atoms with van der Waals surface area (Å²) >= 11 is 0. The van der Waals surface area contributed by atoms with E-state index in [1.54, 1.807) is 12.3 Å². The molecule has 0 aromatic heterocycles. The molecule has 0 spiro atoms. The standard InChI is InChI=1S/C13H14ClNO4S2/c1-15(2)9-8-12-10-13(11-6-4-3-5-7-11)20-21(12)19-14(16,17)18/h3-10H,1-2H3/b9-8+. The van der Waals surface area contributed by atoms with Gasteiger partial charge in [0, 0.05) is 19.0 Å². The fourth-order valence-electron chi connectivity index (χ4n) is 1.51. The molecule has 0 amide bonds. The summed E-state index contributed by atoms with van der Waals surface area (Å²) in [5.41, 5.74) is 0.955. The molecule has 2 rings (SSSR count). The summed E-state index contributed by atoms with van der Waals surface area (Å²) in [5.74, 6) is 0. The Morgan fingerprint density at radius 2 is 1.86 bits per heavy atom. The fourth-order valence-corrected chi connectivity index (χ4v) is 5.91. The summed E-state index contributed by atoms with van der Waals surface area (Å²) < 4.78 is 37.1. The van der Waals surface area contributed by atoms with Gasteiger partial charge in [0.05, 0.1) is 15.1 Å². The summed E-state index contributed by atoms with van der Waals surface area (Å²) in [6.07, 6.45) is 5.36. The minimum Gasteiger partial charge on any atom is -0.383 e. The molecular weight excluding hydrogens is 334 g/mol. The fraction of sp³-hybridized carbons (Fsp3) is 0.154. The molecule has 5 nitrogen and oxygen atoms in total. The first-order valence-corrected chi connectivity index (χ1v) is 9.59. The molecule has 1 aliphatic rings. The summed E-state index contributed by atoms with van der Waals surface area (Å²) in [5, 5.41) is 0. The van der Waals surface area contributed by atoms with E-state index in [0.717, 1.165) is 10.5 Å². The van der Waals surface area contributed by atoms with E-state index >= 15 is 0 Å². The maximum absolute atomic E-state index is 10.8. The van der Waals surface area contributed by atoms with E-state index in [2.05, 4.69) is 3.74 Å². The van der Waals surface area contributed by atoms with Crippen molar-refractivity contribution < 1.29 is 28.0 Å². The zero-order chi connectivity index (χ0) is 15.5. The molecule has 1 aromatic rings. The van der Waals surface area contributed by atoms with Crippen molar-refractivity contribution in [2.75, 3.05) is 14.1 Å². The molecule has 114 valence electrons. The van der Waals surface area contributed by atoms with E-state index in [4.69, 9.17) is 0 Å². The average Bonchev–Trinajstić information content (AvgIpc) is 2.78. The van der Waals surface area contributed by atoms with Crippen LogP contribution in [0.4, 0.5) is 0 Å². The molecule has 1 aliphatic heterocycles. The minimum atomic E-state index is -4.46. The van der Waals surface area contributed by atoms with Gasteiger partial charge in [0.1, 0.15) is 3.74 Å². The SMILES string of the molecule is CN(C)/C=C/C1=S(O[Cl+3]([O-])([O-])[O-])SC(c2ccccc2)=C1. The number of allylic oxidation sites excluding steroid dienone is 2. The van der Waals surface area contributed by atoms with Gasteiger partial charge in [-0.2, -0.15) is 14.0 Å². The highest BCUT2D eigenvalue weighted by Gasteiger charge is 2.30. The lowest BCUT2D eigenvalue weighted by molar-refractivity contribution is -1.91. The van der Waals surface area contributed by atoms with Gasteiger partial charge < -0.3 is 4.90 Å². The van der Waals surface area contributed by atoms with Crippen molar-refractivity contribution in [2.24, 2.45) is 0 Å². The van der Waals surface area contributed by atoms with Crippen molar-refractivity contribution in [3.8, 4) is 0 Å². The Balaban J connectivity index is 2.27. The third-order valence-electron chi connectivity index (χ3n) is 2.36. The zero-order valence-electron chi connectivity index (χ0n) is 11.4. The summed E-state index contributed by atoms with van der Waals surface area (Å²) in [6, 6.07) is 9.53. The van der Waals surface area contributed by atoms with E-state index < -0.39 is 20.0 Å². The molecule has 1 unspecified atom stereocenters. The second-order valence-corrected chi connectivity index (χ2v) is 8.53. The Hall–Kier alpha value is -0.800. The van der Waals surface area contributed by atoms with Gasteiger partial charge in [-0.05, 0) is 34.7 Å². The average molecular weight is 348 g/mol. The molecule has 0 saturated heterocycles. The van der Waals surface area contributed by atoms with Crippen molar-refractivity contribution in [1.29, 1.82) is 0 Å². The highest BCUT2D eigenvalue weighted by atomic mass is 35.7. The molecule has 8 heteroatoms. The maximum atomic E-state index is 10.8. The Labute approximate surface area is 131 Å². The van der Waals surface area contributed by atoms with Crippen molar-refractivity contribution in [3.05, 3.63) is 54.2 Å². The van der Waals surface area contributed by atoms with Crippen LogP contribution in [0.25, 0.3) is 4.91 Å². The van der Waals surface area contributed by atoms with Crippen LogP contribution in [0.1, 0.15) is 5.56 Å². The lowest BCUT2D eigenvalue weighted by Crippen LogP contribution is -2.60. The van der Waals surface area contributed by atoms with Crippen LogP contribution < -0.4 is 14.0 Å². The van der Waals surface area contributed by atoms with Crippen LogP contribution >= 0.6 is 20.6 Å². The number of benzene rings is 1. The Bertz CT molecular complexity index is 594. The largest absolute Gasteiger partial charge is 0.383 e. The van der Waals surface area contributed by atoms with Gasteiger partial charge >= 0.3 is 0 Å². The highest BCUT2D eigenvalue weighted by molar-refractivity contribution is 8.85. The summed E-state index contributed by atoms with van der Waals surface area (Å²) in [6.45, 7) is 0. The van der Waals surface area contributed by atoms with E-state index in [1.807, 2.05) is 55.4 Å². The first-order chi connectivity index (χ1) is 9.85. The minimum absolute atomic E-state index is 0.652. The molecule has 1 heterocycles. The van der Waals surface area contributed by atoms with Crippen LogP contribution in [0.3, 0.4) is 0 Å². The number of hydrogen-bond acceptors (Lipinski definition) is 6. The topological polar surface area (TPSA) is 81.7 Å². The maximum Gasteiger partial charge on any atom is 0.179 e. The second-order valence-electron chi connectivity index (χ2n) is 4.32. The number of halogens is 1. The predicted molar refractivity (Wildman–Crippen MR) is 78.5 cm³/mol. The lowest BCUT2D eigenvalue weighted by atomic mass is 10.2. The monoisotopic (exact) mass is 347 g/mol. The van der Waals surface area contributed by atoms with Gasteiger partial charge in [0.2, 0.25) is 0 Å². The number of hydrogen-bond donors (Lipinski definition) is 0. The smallest absolute Gasteiger partial charge is 0.179 e. The number of nitrogens with zero attached hydrogens (tertiary/aromatic N) is 1. The molecule has 0 fully saturated rings. The van der Waals surface area contributed by atoms with Gasteiger partial charge in [-0.1, -0.05) is 30.3 Å². The predicted octanol–water partition coefficient (Wildman–Crippen LogP) is 0.0348. The normalized spacial score (nSPS) is 19.2. The van der Waals surface area contributed by atoms with Gasteiger partial charge in [-0.25, -0.2) is 0 Å². The zero-order valence-corrected chi connectivity index (χ0v) is 13.8. The molecule has 0 aliphatic carbocycles. The van der Waals surface area contributed by atoms with Crippen LogP contribution in [-0.2, 0) is 3.74 Å². The molecule has 0 radical (unpaired) electrons. The van der Waals surface area contributed by atoms with Gasteiger partial charge in [0.15, 0.2) is 9.80 Å². The van der Waals surface area contributed by atoms with Crippen LogP contribution in [0, 0.1) is 10.2 Å². The Morgan fingerprint density at radius 1 is 1.19 bits per heavy atom. The van der Waals surface area contributed by atoms with Crippen LogP contribution in [0.2, 0.25) is 0 Å². The summed E-state index contributed by atoms with van der Waals surface area (Å²) in [7, 11) is -0.705. The van der Waals surface area contributed by atoms with Gasteiger partial charge in [-0.3, -0.25) is 0 Å². The highest BCUT2D eigenvalue weighted by Crippen LogP contribution is 2.50. The molecule has 1 atom stereocenters. The molecule has 0 N–H and O–H groups in total. The molecule has 0 bridgehead atoms. The molecular formula is C13H14ClNO4S2. The Kier molecular flexibility index (Phi) is 5.50. The summed E-state index contributed by atoms with van der Waals surface area (Å²) in [4.78, 5) is 3.34. The third kappa shape index (κ3) is 5.15. The third-order valence-corrected chi connectivity index (χ3v) is 6.79.